The third kappa shape index (κ3) is 2.73. The Balaban J connectivity index is 1.06. The van der Waals surface area contributed by atoms with Crippen LogP contribution in [-0.4, -0.2) is 70.2 Å². The lowest BCUT2D eigenvalue weighted by Crippen LogP contribution is -2.54. The van der Waals surface area contributed by atoms with Crippen molar-refractivity contribution in [1.82, 2.24) is 24.9 Å². The number of amides is 1. The molecule has 9 nitrogen and oxygen atoms in total. The van der Waals surface area contributed by atoms with Crippen molar-refractivity contribution in [3.05, 3.63) is 24.4 Å². The first-order valence-corrected chi connectivity index (χ1v) is 11.6. The SMILES string of the molecule is O=C(N1CCN(c2nnc(-c3ccc4cnn(C5COC5)c4c3)o2)CC1)C12CCC(C1)C2. The van der Waals surface area contributed by atoms with Crippen molar-refractivity contribution in [1.29, 1.82) is 0 Å². The van der Waals surface area contributed by atoms with Crippen LogP contribution in [0.2, 0.25) is 0 Å². The number of nitrogens with zero attached hydrogens (tertiary/aromatic N) is 6. The quantitative estimate of drug-likeness (QED) is 0.623. The summed E-state index contributed by atoms with van der Waals surface area (Å²) in [6.07, 6.45) is 6.41. The van der Waals surface area contributed by atoms with Crippen LogP contribution in [0.3, 0.4) is 0 Å². The Kier molecular flexibility index (Phi) is 3.94. The number of hydrogen-bond acceptors (Lipinski definition) is 7. The van der Waals surface area contributed by atoms with Gasteiger partial charge in [-0.3, -0.25) is 9.48 Å². The molecular formula is C23H26N6O3. The second-order valence-corrected chi connectivity index (χ2v) is 9.82. The molecule has 4 heterocycles. The highest BCUT2D eigenvalue weighted by molar-refractivity contribution is 5.85. The lowest BCUT2D eigenvalue weighted by Gasteiger charge is -2.43. The third-order valence-corrected chi connectivity index (χ3v) is 7.91. The minimum atomic E-state index is -0.0265. The zero-order valence-electron chi connectivity index (χ0n) is 17.9. The van der Waals surface area contributed by atoms with E-state index < -0.39 is 0 Å². The number of aromatic nitrogens is 4. The Bertz CT molecular complexity index is 1180. The molecule has 5 fully saturated rings. The predicted octanol–water partition coefficient (Wildman–Crippen LogP) is 2.50. The molecule has 3 aliphatic carbocycles. The molecule has 2 saturated heterocycles. The Labute approximate surface area is 185 Å². The van der Waals surface area contributed by atoms with Crippen LogP contribution in [0.25, 0.3) is 22.4 Å². The van der Waals surface area contributed by atoms with Gasteiger partial charge in [0.1, 0.15) is 0 Å². The Hall–Kier alpha value is -2.94. The topological polar surface area (TPSA) is 89.5 Å². The minimum absolute atomic E-state index is 0.0265. The maximum absolute atomic E-state index is 13.0. The summed E-state index contributed by atoms with van der Waals surface area (Å²) >= 11 is 0. The van der Waals surface area contributed by atoms with Gasteiger partial charge >= 0.3 is 6.01 Å². The molecule has 3 saturated carbocycles. The maximum Gasteiger partial charge on any atom is 0.318 e. The highest BCUT2D eigenvalue weighted by atomic mass is 16.5. The summed E-state index contributed by atoms with van der Waals surface area (Å²) in [5.41, 5.74) is 1.90. The number of ether oxygens (including phenoxy) is 1. The zero-order valence-corrected chi connectivity index (χ0v) is 17.9. The summed E-state index contributed by atoms with van der Waals surface area (Å²) in [6, 6.07) is 6.90. The van der Waals surface area contributed by atoms with E-state index in [1.54, 1.807) is 0 Å². The number of hydrogen-bond donors (Lipinski definition) is 0. The van der Waals surface area contributed by atoms with Gasteiger partial charge < -0.3 is 19.0 Å². The summed E-state index contributed by atoms with van der Waals surface area (Å²) in [5, 5.41) is 14.2. The van der Waals surface area contributed by atoms with Gasteiger partial charge in [-0.1, -0.05) is 11.2 Å². The van der Waals surface area contributed by atoms with Gasteiger partial charge in [0, 0.05) is 42.5 Å². The van der Waals surface area contributed by atoms with Gasteiger partial charge in [-0.15, -0.1) is 5.10 Å². The Morgan fingerprint density at radius 3 is 2.66 bits per heavy atom. The molecule has 5 aliphatic rings. The van der Waals surface area contributed by atoms with Gasteiger partial charge in [-0.25, -0.2) is 0 Å². The lowest BCUT2D eigenvalue weighted by atomic mass is 9.68. The van der Waals surface area contributed by atoms with E-state index in [9.17, 15) is 4.79 Å². The fraction of sp³-hybridized carbons (Fsp3) is 0.565. The number of carbonyl (C=O) groups is 1. The van der Waals surface area contributed by atoms with Crippen LogP contribution in [0, 0.1) is 11.3 Å². The fourth-order valence-corrected chi connectivity index (χ4v) is 5.94. The molecule has 1 amide bonds. The van der Waals surface area contributed by atoms with Gasteiger partial charge in [0.05, 0.1) is 31.0 Å². The standard InChI is InChI=1S/C23H26N6O3/c30-21(23-4-3-15(10-23)11-23)27-5-7-28(8-6-27)22-26-25-20(32-22)16-1-2-17-12-24-29(19(17)9-16)18-13-31-14-18/h1-2,9,12,15,18H,3-8,10-11,13-14H2. The van der Waals surface area contributed by atoms with Gasteiger partial charge in [-0.05, 0) is 43.7 Å². The van der Waals surface area contributed by atoms with E-state index in [4.69, 9.17) is 9.15 Å². The molecule has 3 aromatic rings. The van der Waals surface area contributed by atoms with Crippen molar-refractivity contribution in [3.63, 3.8) is 0 Å². The highest BCUT2D eigenvalue weighted by Crippen LogP contribution is 2.59. The van der Waals surface area contributed by atoms with E-state index in [1.165, 1.54) is 6.42 Å². The first kappa shape index (κ1) is 18.6. The van der Waals surface area contributed by atoms with Gasteiger partial charge in [0.2, 0.25) is 11.8 Å². The van der Waals surface area contributed by atoms with E-state index in [-0.39, 0.29) is 11.5 Å². The molecule has 2 aliphatic heterocycles. The summed E-state index contributed by atoms with van der Waals surface area (Å²) in [4.78, 5) is 17.2. The van der Waals surface area contributed by atoms with Crippen LogP contribution < -0.4 is 4.90 Å². The third-order valence-electron chi connectivity index (χ3n) is 7.91. The maximum atomic E-state index is 13.0. The number of rotatable bonds is 4. The van der Waals surface area contributed by atoms with Crippen molar-refractivity contribution in [3.8, 4) is 11.5 Å². The smallest absolute Gasteiger partial charge is 0.318 e. The first-order chi connectivity index (χ1) is 15.7. The van der Waals surface area contributed by atoms with Crippen molar-refractivity contribution in [2.24, 2.45) is 11.3 Å². The van der Waals surface area contributed by atoms with E-state index in [2.05, 4.69) is 31.2 Å². The van der Waals surface area contributed by atoms with Crippen molar-refractivity contribution in [2.75, 3.05) is 44.3 Å². The molecule has 0 N–H and O–H groups in total. The van der Waals surface area contributed by atoms with Crippen LogP contribution in [0.4, 0.5) is 6.01 Å². The average Bonchev–Trinajstić information content (AvgIpc) is 3.55. The number of fused-ring (bicyclic) bond motifs is 2. The van der Waals surface area contributed by atoms with Crippen LogP contribution in [0.1, 0.15) is 31.7 Å². The molecule has 0 atom stereocenters. The van der Waals surface area contributed by atoms with Gasteiger partial charge in [0.25, 0.3) is 0 Å². The largest absolute Gasteiger partial charge is 0.403 e. The molecule has 8 rings (SSSR count). The van der Waals surface area contributed by atoms with Crippen LogP contribution in [0.5, 0.6) is 0 Å². The van der Waals surface area contributed by atoms with Crippen molar-refractivity contribution in [2.45, 2.75) is 31.7 Å². The molecule has 2 aromatic heterocycles. The minimum Gasteiger partial charge on any atom is -0.403 e. The average molecular weight is 435 g/mol. The predicted molar refractivity (Wildman–Crippen MR) is 116 cm³/mol. The van der Waals surface area contributed by atoms with E-state index >= 15 is 0 Å². The Morgan fingerprint density at radius 1 is 1.09 bits per heavy atom. The molecule has 0 spiro atoms. The second kappa shape index (κ2) is 6.78. The number of benzene rings is 1. The van der Waals surface area contributed by atoms with E-state index in [1.807, 2.05) is 23.0 Å². The number of anilines is 1. The van der Waals surface area contributed by atoms with Gasteiger partial charge in [0.15, 0.2) is 0 Å². The monoisotopic (exact) mass is 434 g/mol. The van der Waals surface area contributed by atoms with E-state index in [0.717, 1.165) is 67.8 Å². The van der Waals surface area contributed by atoms with Crippen molar-refractivity contribution >= 4 is 22.8 Å². The highest BCUT2D eigenvalue weighted by Gasteiger charge is 2.56. The summed E-state index contributed by atoms with van der Waals surface area (Å²) < 4.78 is 13.4. The molecule has 1 aromatic carbocycles. The van der Waals surface area contributed by atoms with Crippen LogP contribution >= 0.6 is 0 Å². The molecule has 0 unspecified atom stereocenters. The van der Waals surface area contributed by atoms with Crippen molar-refractivity contribution < 1.29 is 13.9 Å². The fourth-order valence-electron chi connectivity index (χ4n) is 5.94. The number of carbonyl (C=O) groups excluding carboxylic acids is 1. The van der Waals surface area contributed by atoms with Crippen LogP contribution in [0.15, 0.2) is 28.8 Å². The molecule has 32 heavy (non-hydrogen) atoms. The molecule has 166 valence electrons. The lowest BCUT2D eigenvalue weighted by molar-refractivity contribution is -0.146. The second-order valence-electron chi connectivity index (χ2n) is 9.82. The van der Waals surface area contributed by atoms with E-state index in [0.29, 0.717) is 31.0 Å². The Morgan fingerprint density at radius 2 is 1.94 bits per heavy atom. The normalized spacial score (nSPS) is 27.6. The number of piperazine rings is 1. The summed E-state index contributed by atoms with van der Waals surface area (Å²) in [5.74, 6) is 1.68. The first-order valence-electron chi connectivity index (χ1n) is 11.6. The molecule has 0 radical (unpaired) electrons. The molecular weight excluding hydrogens is 408 g/mol. The zero-order chi connectivity index (χ0) is 21.3. The van der Waals surface area contributed by atoms with Gasteiger partial charge in [-0.2, -0.15) is 5.10 Å². The summed E-state index contributed by atoms with van der Waals surface area (Å²) in [6.45, 7) is 4.28. The molecule has 2 bridgehead atoms. The van der Waals surface area contributed by atoms with Crippen LogP contribution in [-0.2, 0) is 9.53 Å². The molecule has 9 heteroatoms. The summed E-state index contributed by atoms with van der Waals surface area (Å²) in [7, 11) is 0.